The molecule has 3 nitrogen and oxygen atoms in total. The highest BCUT2D eigenvalue weighted by molar-refractivity contribution is 5.80. The van der Waals surface area contributed by atoms with Gasteiger partial charge in [0.25, 0.3) is 0 Å². The molecule has 0 aromatic carbocycles. The molecule has 0 bridgehead atoms. The smallest absolute Gasteiger partial charge is 0.0734 e. The number of hydrogen-bond acceptors (Lipinski definition) is 3. The number of nitrogens with zero attached hydrogens (tertiary/aromatic N) is 3. The Kier molecular flexibility index (Phi) is 2.24. The summed E-state index contributed by atoms with van der Waals surface area (Å²) in [7, 11) is 0. The van der Waals surface area contributed by atoms with Gasteiger partial charge in [-0.1, -0.05) is 0 Å². The SMILES string of the molecule is [CH]C1CCCN1c1cnc2ccncc2c1. The van der Waals surface area contributed by atoms with E-state index < -0.39 is 0 Å². The standard InChI is InChI=1S/C13H13N3/c1-10-3-2-6-16(10)12-7-11-8-14-5-4-13(11)15-9-12/h1,4-5,7-10H,2-3,6H2. The van der Waals surface area contributed by atoms with Crippen LogP contribution < -0.4 is 4.90 Å². The van der Waals surface area contributed by atoms with Crippen LogP contribution in [0.25, 0.3) is 10.9 Å². The van der Waals surface area contributed by atoms with Gasteiger partial charge in [-0.2, -0.15) is 0 Å². The average Bonchev–Trinajstić information content (AvgIpc) is 2.75. The number of pyridine rings is 2. The Morgan fingerprint density at radius 1 is 1.38 bits per heavy atom. The summed E-state index contributed by atoms with van der Waals surface area (Å²) in [6, 6.07) is 4.17. The monoisotopic (exact) mass is 211 g/mol. The molecule has 1 saturated heterocycles. The minimum Gasteiger partial charge on any atom is -0.367 e. The number of fused-ring (bicyclic) bond motifs is 1. The molecule has 1 unspecified atom stereocenters. The van der Waals surface area contributed by atoms with Gasteiger partial charge in [-0.3, -0.25) is 9.97 Å². The van der Waals surface area contributed by atoms with Crippen molar-refractivity contribution in [2.24, 2.45) is 0 Å². The summed E-state index contributed by atoms with van der Waals surface area (Å²) in [5.41, 5.74) is 2.08. The lowest BCUT2D eigenvalue weighted by Crippen LogP contribution is -2.26. The van der Waals surface area contributed by atoms with Gasteiger partial charge in [0.15, 0.2) is 0 Å². The topological polar surface area (TPSA) is 29.0 Å². The summed E-state index contributed by atoms with van der Waals surface area (Å²) >= 11 is 0. The highest BCUT2D eigenvalue weighted by Gasteiger charge is 2.20. The maximum Gasteiger partial charge on any atom is 0.0734 e. The molecular weight excluding hydrogens is 198 g/mol. The van der Waals surface area contributed by atoms with Crippen LogP contribution in [0.1, 0.15) is 12.8 Å². The van der Waals surface area contributed by atoms with Crippen LogP contribution in [0.5, 0.6) is 0 Å². The number of anilines is 1. The van der Waals surface area contributed by atoms with Crippen LogP contribution in [0.2, 0.25) is 0 Å². The lowest BCUT2D eigenvalue weighted by atomic mass is 10.2. The summed E-state index contributed by atoms with van der Waals surface area (Å²) in [6.45, 7) is 7.06. The summed E-state index contributed by atoms with van der Waals surface area (Å²) in [4.78, 5) is 10.7. The van der Waals surface area contributed by atoms with E-state index in [1.54, 1.807) is 6.20 Å². The van der Waals surface area contributed by atoms with Gasteiger partial charge in [0.2, 0.25) is 0 Å². The molecule has 2 aromatic heterocycles. The largest absolute Gasteiger partial charge is 0.367 e. The second-order valence-corrected chi connectivity index (χ2v) is 4.16. The molecule has 3 rings (SSSR count). The Labute approximate surface area is 95.1 Å². The van der Waals surface area contributed by atoms with E-state index in [2.05, 4.69) is 20.9 Å². The predicted molar refractivity (Wildman–Crippen MR) is 64.2 cm³/mol. The molecule has 3 heteroatoms. The van der Waals surface area contributed by atoms with Crippen molar-refractivity contribution < 1.29 is 0 Å². The zero-order chi connectivity index (χ0) is 11.0. The van der Waals surface area contributed by atoms with Crippen molar-refractivity contribution in [3.63, 3.8) is 0 Å². The van der Waals surface area contributed by atoms with Crippen LogP contribution in [0.3, 0.4) is 0 Å². The molecule has 0 saturated carbocycles. The van der Waals surface area contributed by atoms with E-state index in [1.807, 2.05) is 18.5 Å². The molecule has 1 aliphatic heterocycles. The van der Waals surface area contributed by atoms with Gasteiger partial charge < -0.3 is 4.90 Å². The van der Waals surface area contributed by atoms with E-state index in [1.165, 1.54) is 0 Å². The molecule has 2 aromatic rings. The van der Waals surface area contributed by atoms with Gasteiger partial charge in [0.05, 0.1) is 17.4 Å². The van der Waals surface area contributed by atoms with Gasteiger partial charge in [-0.15, -0.1) is 0 Å². The zero-order valence-corrected chi connectivity index (χ0v) is 9.00. The highest BCUT2D eigenvalue weighted by atomic mass is 15.2. The lowest BCUT2D eigenvalue weighted by Gasteiger charge is -2.23. The third-order valence-corrected chi connectivity index (χ3v) is 3.10. The first-order chi connectivity index (χ1) is 7.84. The Balaban J connectivity index is 2.04. The zero-order valence-electron chi connectivity index (χ0n) is 9.00. The van der Waals surface area contributed by atoms with Crippen molar-refractivity contribution >= 4 is 16.6 Å². The molecule has 0 N–H and O–H groups in total. The number of hydrogen-bond donors (Lipinski definition) is 0. The molecule has 80 valence electrons. The van der Waals surface area contributed by atoms with Gasteiger partial charge in [-0.25, -0.2) is 0 Å². The quantitative estimate of drug-likeness (QED) is 0.724. The van der Waals surface area contributed by atoms with Gasteiger partial charge in [0, 0.05) is 30.4 Å². The van der Waals surface area contributed by atoms with Crippen molar-refractivity contribution in [1.82, 2.24) is 9.97 Å². The van der Waals surface area contributed by atoms with Crippen molar-refractivity contribution in [2.45, 2.75) is 18.9 Å². The fraction of sp³-hybridized carbons (Fsp3) is 0.308. The third kappa shape index (κ3) is 1.52. The second kappa shape index (κ2) is 3.74. The Morgan fingerprint density at radius 3 is 3.12 bits per heavy atom. The summed E-state index contributed by atoms with van der Waals surface area (Å²) in [6.07, 6.45) is 7.72. The molecule has 1 aliphatic rings. The van der Waals surface area contributed by atoms with Crippen molar-refractivity contribution in [3.05, 3.63) is 37.6 Å². The highest BCUT2D eigenvalue weighted by Crippen LogP contribution is 2.26. The van der Waals surface area contributed by atoms with Crippen LogP contribution in [0.4, 0.5) is 5.69 Å². The minimum atomic E-state index is 0.135. The normalized spacial score (nSPS) is 20.6. The van der Waals surface area contributed by atoms with Crippen LogP contribution in [-0.4, -0.2) is 22.6 Å². The van der Waals surface area contributed by atoms with Crippen molar-refractivity contribution in [2.75, 3.05) is 11.4 Å². The van der Waals surface area contributed by atoms with E-state index in [-0.39, 0.29) is 6.04 Å². The first kappa shape index (κ1) is 9.58. The first-order valence-electron chi connectivity index (χ1n) is 5.56. The van der Waals surface area contributed by atoms with Gasteiger partial charge >= 0.3 is 0 Å². The fourth-order valence-electron chi connectivity index (χ4n) is 2.23. The van der Waals surface area contributed by atoms with E-state index >= 15 is 0 Å². The van der Waals surface area contributed by atoms with Crippen molar-refractivity contribution in [3.8, 4) is 0 Å². The Hall–Kier alpha value is -1.64. The van der Waals surface area contributed by atoms with E-state index in [9.17, 15) is 0 Å². The Morgan fingerprint density at radius 2 is 2.31 bits per heavy atom. The van der Waals surface area contributed by atoms with E-state index in [0.717, 1.165) is 36.0 Å². The maximum atomic E-state index is 6.04. The number of aromatic nitrogens is 2. The predicted octanol–water partition coefficient (Wildman–Crippen LogP) is 2.31. The lowest BCUT2D eigenvalue weighted by molar-refractivity contribution is 0.801. The van der Waals surface area contributed by atoms with E-state index in [4.69, 9.17) is 6.92 Å². The first-order valence-corrected chi connectivity index (χ1v) is 5.56. The second-order valence-electron chi connectivity index (χ2n) is 4.16. The fourth-order valence-corrected chi connectivity index (χ4v) is 2.23. The van der Waals surface area contributed by atoms with Crippen LogP contribution in [0.15, 0.2) is 30.7 Å². The van der Waals surface area contributed by atoms with E-state index in [0.29, 0.717) is 0 Å². The van der Waals surface area contributed by atoms with Crippen LogP contribution in [-0.2, 0) is 0 Å². The molecule has 2 radical (unpaired) electrons. The molecule has 1 fully saturated rings. The third-order valence-electron chi connectivity index (χ3n) is 3.10. The summed E-state index contributed by atoms with van der Waals surface area (Å²) in [5, 5.41) is 1.07. The molecule has 0 spiro atoms. The average molecular weight is 211 g/mol. The molecule has 0 amide bonds. The maximum absolute atomic E-state index is 6.04. The summed E-state index contributed by atoms with van der Waals surface area (Å²) in [5.74, 6) is 0. The number of rotatable bonds is 1. The molecule has 0 aliphatic carbocycles. The molecule has 1 atom stereocenters. The summed E-state index contributed by atoms with van der Waals surface area (Å²) < 4.78 is 0. The molecule has 3 heterocycles. The van der Waals surface area contributed by atoms with Gasteiger partial charge in [-0.05, 0) is 31.9 Å². The van der Waals surface area contributed by atoms with Crippen LogP contribution >= 0.6 is 0 Å². The van der Waals surface area contributed by atoms with Crippen LogP contribution in [0, 0.1) is 6.92 Å². The van der Waals surface area contributed by atoms with Gasteiger partial charge in [0.1, 0.15) is 0 Å². The minimum absolute atomic E-state index is 0.135. The Bertz CT molecular complexity index is 509. The van der Waals surface area contributed by atoms with Crippen molar-refractivity contribution in [1.29, 1.82) is 0 Å². The molecular formula is C13H13N3. The molecule has 16 heavy (non-hydrogen) atoms.